The van der Waals surface area contributed by atoms with Gasteiger partial charge in [0.2, 0.25) is 0 Å². The average molecular weight is 292 g/mol. The number of hydrazone groups is 1. The standard InChI is InChI=1S/C15H20N2O4/c1-4-20-15(19)9-12(3)16-17-14(18)10-21-13-8-6-5-7-11(13)2/h5-8H,4,9-10H2,1-3H3,(H,17,18). The smallest absolute Gasteiger partial charge is 0.311 e. The number of amides is 1. The maximum atomic E-state index is 11.6. The van der Waals surface area contributed by atoms with Crippen LogP contribution in [0.2, 0.25) is 0 Å². The number of rotatable bonds is 7. The van der Waals surface area contributed by atoms with Crippen LogP contribution in [0.5, 0.6) is 5.75 Å². The number of para-hydroxylation sites is 1. The van der Waals surface area contributed by atoms with Crippen molar-refractivity contribution in [3.05, 3.63) is 29.8 Å². The molecule has 6 heteroatoms. The molecule has 114 valence electrons. The van der Waals surface area contributed by atoms with E-state index in [1.54, 1.807) is 19.9 Å². The lowest BCUT2D eigenvalue weighted by molar-refractivity contribution is -0.141. The fourth-order valence-electron chi connectivity index (χ4n) is 1.51. The van der Waals surface area contributed by atoms with Crippen LogP contribution in [-0.2, 0) is 14.3 Å². The number of aryl methyl sites for hydroxylation is 1. The van der Waals surface area contributed by atoms with Crippen molar-refractivity contribution in [2.45, 2.75) is 27.2 Å². The molecule has 1 aromatic rings. The summed E-state index contributed by atoms with van der Waals surface area (Å²) in [6.07, 6.45) is 0.0484. The zero-order valence-corrected chi connectivity index (χ0v) is 12.5. The Kier molecular flexibility index (Phi) is 6.94. The molecule has 1 aromatic carbocycles. The molecule has 6 nitrogen and oxygen atoms in total. The van der Waals surface area contributed by atoms with Gasteiger partial charge in [-0.25, -0.2) is 5.43 Å². The molecule has 0 aliphatic rings. The van der Waals surface area contributed by atoms with Gasteiger partial charge in [0.05, 0.1) is 13.0 Å². The molecule has 21 heavy (non-hydrogen) atoms. The van der Waals surface area contributed by atoms with E-state index in [0.717, 1.165) is 5.56 Å². The summed E-state index contributed by atoms with van der Waals surface area (Å²) in [4.78, 5) is 22.8. The second-order valence-corrected chi connectivity index (χ2v) is 4.42. The molecule has 0 aromatic heterocycles. The van der Waals surface area contributed by atoms with Gasteiger partial charge in [-0.15, -0.1) is 0 Å². The summed E-state index contributed by atoms with van der Waals surface area (Å²) >= 11 is 0. The van der Waals surface area contributed by atoms with E-state index in [0.29, 0.717) is 18.1 Å². The second kappa shape index (κ2) is 8.73. The second-order valence-electron chi connectivity index (χ2n) is 4.42. The van der Waals surface area contributed by atoms with E-state index in [9.17, 15) is 9.59 Å². The number of esters is 1. The summed E-state index contributed by atoms with van der Waals surface area (Å²) in [5.74, 6) is -0.106. The van der Waals surface area contributed by atoms with Gasteiger partial charge >= 0.3 is 5.97 Å². The van der Waals surface area contributed by atoms with E-state index in [2.05, 4.69) is 10.5 Å². The Bertz CT molecular complexity index is 526. The molecule has 0 aliphatic carbocycles. The molecule has 0 heterocycles. The normalized spacial score (nSPS) is 10.9. The van der Waals surface area contributed by atoms with E-state index in [1.807, 2.05) is 25.1 Å². The van der Waals surface area contributed by atoms with Crippen LogP contribution >= 0.6 is 0 Å². The van der Waals surface area contributed by atoms with E-state index in [1.165, 1.54) is 0 Å². The highest BCUT2D eigenvalue weighted by Crippen LogP contribution is 2.15. The highest BCUT2D eigenvalue weighted by atomic mass is 16.5. The highest BCUT2D eigenvalue weighted by Gasteiger charge is 2.06. The van der Waals surface area contributed by atoms with Crippen molar-refractivity contribution in [2.75, 3.05) is 13.2 Å². The Labute approximate surface area is 124 Å². The number of hydrogen-bond donors (Lipinski definition) is 1. The van der Waals surface area contributed by atoms with Crippen LogP contribution in [0.1, 0.15) is 25.8 Å². The SMILES string of the molecule is CCOC(=O)CC(C)=NNC(=O)COc1ccccc1C. The minimum absolute atomic E-state index is 0.0484. The van der Waals surface area contributed by atoms with Crippen LogP contribution in [0.4, 0.5) is 0 Å². The third-order valence-electron chi connectivity index (χ3n) is 2.53. The molecule has 0 spiro atoms. The van der Waals surface area contributed by atoms with Gasteiger partial charge in [-0.2, -0.15) is 5.10 Å². The first-order valence-corrected chi connectivity index (χ1v) is 6.69. The van der Waals surface area contributed by atoms with Crippen molar-refractivity contribution in [3.8, 4) is 5.75 Å². The first kappa shape index (κ1) is 16.7. The van der Waals surface area contributed by atoms with Gasteiger partial charge in [0, 0.05) is 5.71 Å². The lowest BCUT2D eigenvalue weighted by Crippen LogP contribution is -2.26. The molecule has 0 saturated carbocycles. The first-order valence-electron chi connectivity index (χ1n) is 6.69. The zero-order valence-electron chi connectivity index (χ0n) is 12.5. The zero-order chi connectivity index (χ0) is 15.7. The van der Waals surface area contributed by atoms with Gasteiger partial charge in [-0.3, -0.25) is 9.59 Å². The molecule has 1 rings (SSSR count). The number of ether oxygens (including phenoxy) is 2. The molecule has 0 aliphatic heterocycles. The van der Waals surface area contributed by atoms with Crippen LogP contribution in [-0.4, -0.2) is 30.8 Å². The fraction of sp³-hybridized carbons (Fsp3) is 0.400. The average Bonchev–Trinajstić information content (AvgIpc) is 2.44. The summed E-state index contributed by atoms with van der Waals surface area (Å²) in [5.41, 5.74) is 3.76. The molecular weight excluding hydrogens is 272 g/mol. The van der Waals surface area contributed by atoms with E-state index in [-0.39, 0.29) is 24.9 Å². The molecule has 1 amide bonds. The van der Waals surface area contributed by atoms with Gasteiger partial charge in [0.25, 0.3) is 5.91 Å². The minimum atomic E-state index is -0.388. The Morgan fingerprint density at radius 3 is 2.67 bits per heavy atom. The number of nitrogens with zero attached hydrogens (tertiary/aromatic N) is 1. The van der Waals surface area contributed by atoms with E-state index < -0.39 is 0 Å². The topological polar surface area (TPSA) is 77.0 Å². The quantitative estimate of drug-likeness (QED) is 0.472. The fourth-order valence-corrected chi connectivity index (χ4v) is 1.51. The van der Waals surface area contributed by atoms with Crippen LogP contribution in [0.25, 0.3) is 0 Å². The van der Waals surface area contributed by atoms with Crippen LogP contribution < -0.4 is 10.2 Å². The van der Waals surface area contributed by atoms with Gasteiger partial charge in [0.15, 0.2) is 6.61 Å². The summed E-state index contributed by atoms with van der Waals surface area (Å²) in [5, 5.41) is 3.82. The lowest BCUT2D eigenvalue weighted by Gasteiger charge is -2.07. The Morgan fingerprint density at radius 1 is 1.29 bits per heavy atom. The molecular formula is C15H20N2O4. The number of carbonyl (C=O) groups is 2. The Hall–Kier alpha value is -2.37. The largest absolute Gasteiger partial charge is 0.483 e. The van der Waals surface area contributed by atoms with Crippen molar-refractivity contribution in [2.24, 2.45) is 5.10 Å². The number of nitrogens with one attached hydrogen (secondary N) is 1. The summed E-state index contributed by atoms with van der Waals surface area (Å²) < 4.78 is 10.2. The molecule has 0 saturated heterocycles. The Balaban J connectivity index is 2.37. The maximum Gasteiger partial charge on any atom is 0.311 e. The number of hydrogen-bond acceptors (Lipinski definition) is 5. The van der Waals surface area contributed by atoms with Crippen molar-refractivity contribution in [1.82, 2.24) is 5.43 Å². The molecule has 0 radical (unpaired) electrons. The highest BCUT2D eigenvalue weighted by molar-refractivity contribution is 5.98. The number of carbonyl (C=O) groups excluding carboxylic acids is 2. The van der Waals surface area contributed by atoms with Crippen LogP contribution in [0, 0.1) is 6.92 Å². The number of benzene rings is 1. The molecule has 0 unspecified atom stereocenters. The lowest BCUT2D eigenvalue weighted by atomic mass is 10.2. The molecule has 0 atom stereocenters. The van der Waals surface area contributed by atoms with Gasteiger partial charge in [-0.05, 0) is 32.4 Å². The van der Waals surface area contributed by atoms with Crippen molar-refractivity contribution >= 4 is 17.6 Å². The minimum Gasteiger partial charge on any atom is -0.483 e. The molecule has 0 fully saturated rings. The first-order chi connectivity index (χ1) is 10.0. The monoisotopic (exact) mass is 292 g/mol. The predicted molar refractivity (Wildman–Crippen MR) is 79.2 cm³/mol. The molecule has 0 bridgehead atoms. The van der Waals surface area contributed by atoms with Crippen LogP contribution in [0.15, 0.2) is 29.4 Å². The van der Waals surface area contributed by atoms with Gasteiger partial charge in [0.1, 0.15) is 5.75 Å². The van der Waals surface area contributed by atoms with Crippen molar-refractivity contribution in [1.29, 1.82) is 0 Å². The van der Waals surface area contributed by atoms with E-state index in [4.69, 9.17) is 9.47 Å². The van der Waals surface area contributed by atoms with Crippen molar-refractivity contribution < 1.29 is 19.1 Å². The van der Waals surface area contributed by atoms with Crippen LogP contribution in [0.3, 0.4) is 0 Å². The Morgan fingerprint density at radius 2 is 2.00 bits per heavy atom. The van der Waals surface area contributed by atoms with Gasteiger partial charge < -0.3 is 9.47 Å². The summed E-state index contributed by atoms with van der Waals surface area (Å²) in [7, 11) is 0. The third-order valence-corrected chi connectivity index (χ3v) is 2.53. The molecule has 1 N–H and O–H groups in total. The summed E-state index contributed by atoms with van der Waals surface area (Å²) in [6, 6.07) is 7.42. The van der Waals surface area contributed by atoms with E-state index >= 15 is 0 Å². The predicted octanol–water partition coefficient (Wildman–Crippen LogP) is 1.82. The van der Waals surface area contributed by atoms with Crippen molar-refractivity contribution in [3.63, 3.8) is 0 Å². The maximum absolute atomic E-state index is 11.6. The third kappa shape index (κ3) is 6.56. The summed E-state index contributed by atoms with van der Waals surface area (Å²) in [6.45, 7) is 5.45. The van der Waals surface area contributed by atoms with Gasteiger partial charge in [-0.1, -0.05) is 18.2 Å².